The van der Waals surface area contributed by atoms with E-state index in [1.807, 2.05) is 0 Å². The SMILES string of the molecule is CC(C)(C)c1cc2c3c(Cc4ccccc4)[nH]c(Cc4ccccc4)c3c3cc(C(C)(C)C)c4ccc5ccc1c1c5c4c3c21. The Hall–Kier alpha value is -4.62. The van der Waals surface area contributed by atoms with Crippen LogP contribution in [-0.4, -0.2) is 4.98 Å². The molecule has 0 atom stereocenters. The molecule has 1 heteroatoms. The van der Waals surface area contributed by atoms with Crippen LogP contribution in [0.2, 0.25) is 0 Å². The summed E-state index contributed by atoms with van der Waals surface area (Å²) in [5, 5.41) is 17.1. The molecule has 1 heterocycles. The minimum atomic E-state index is 0.00512. The molecular formula is C44H39N. The molecule has 220 valence electrons. The van der Waals surface area contributed by atoms with Gasteiger partial charge in [0.2, 0.25) is 0 Å². The highest BCUT2D eigenvalue weighted by Crippen LogP contribution is 2.55. The molecule has 0 amide bonds. The van der Waals surface area contributed by atoms with Gasteiger partial charge in [0, 0.05) is 35.0 Å². The van der Waals surface area contributed by atoms with Crippen molar-refractivity contribution in [2.24, 2.45) is 0 Å². The van der Waals surface area contributed by atoms with Gasteiger partial charge in [0.15, 0.2) is 0 Å². The number of aromatic amines is 1. The first kappa shape index (κ1) is 26.8. The second kappa shape index (κ2) is 8.98. The lowest BCUT2D eigenvalue weighted by Gasteiger charge is -2.24. The van der Waals surface area contributed by atoms with Crippen LogP contribution in [0.5, 0.6) is 0 Å². The van der Waals surface area contributed by atoms with Crippen LogP contribution < -0.4 is 0 Å². The molecule has 0 aliphatic carbocycles. The largest absolute Gasteiger partial charge is 0.361 e. The van der Waals surface area contributed by atoms with Crippen molar-refractivity contribution in [1.29, 1.82) is 0 Å². The van der Waals surface area contributed by atoms with Crippen LogP contribution in [-0.2, 0) is 23.7 Å². The van der Waals surface area contributed by atoms with Crippen LogP contribution in [0.3, 0.4) is 0 Å². The first-order valence-electron chi connectivity index (χ1n) is 16.5. The molecule has 9 rings (SSSR count). The number of aromatic nitrogens is 1. The van der Waals surface area contributed by atoms with Gasteiger partial charge >= 0.3 is 0 Å². The summed E-state index contributed by atoms with van der Waals surface area (Å²) in [6.07, 6.45) is 1.75. The Kier molecular flexibility index (Phi) is 5.34. The van der Waals surface area contributed by atoms with E-state index in [1.165, 1.54) is 98.3 Å². The van der Waals surface area contributed by atoms with Crippen molar-refractivity contribution >= 4 is 64.6 Å². The molecule has 0 saturated carbocycles. The maximum atomic E-state index is 4.08. The van der Waals surface area contributed by atoms with Gasteiger partial charge in [0.25, 0.3) is 0 Å². The maximum absolute atomic E-state index is 4.08. The van der Waals surface area contributed by atoms with E-state index in [0.29, 0.717) is 0 Å². The van der Waals surface area contributed by atoms with Gasteiger partial charge in [-0.05, 0) is 99.1 Å². The summed E-state index contributed by atoms with van der Waals surface area (Å²) in [5.74, 6) is 0. The number of nitrogens with one attached hydrogen (secondary N) is 1. The van der Waals surface area contributed by atoms with Crippen molar-refractivity contribution in [3.63, 3.8) is 0 Å². The third kappa shape index (κ3) is 3.73. The molecule has 9 aromatic rings. The second-order valence-corrected chi connectivity index (χ2v) is 15.4. The van der Waals surface area contributed by atoms with Crippen molar-refractivity contribution < 1.29 is 0 Å². The Labute approximate surface area is 264 Å². The fourth-order valence-electron chi connectivity index (χ4n) is 8.47. The van der Waals surface area contributed by atoms with E-state index in [0.717, 1.165) is 12.8 Å². The summed E-state index contributed by atoms with van der Waals surface area (Å²) in [7, 11) is 0. The molecule has 0 saturated heterocycles. The topological polar surface area (TPSA) is 15.8 Å². The quantitative estimate of drug-likeness (QED) is 0.199. The Balaban J connectivity index is 1.56. The number of H-pyrrole nitrogens is 1. The van der Waals surface area contributed by atoms with E-state index >= 15 is 0 Å². The third-order valence-corrected chi connectivity index (χ3v) is 10.4. The van der Waals surface area contributed by atoms with Crippen molar-refractivity contribution in [1.82, 2.24) is 4.98 Å². The van der Waals surface area contributed by atoms with Crippen molar-refractivity contribution in [3.05, 3.63) is 131 Å². The molecule has 0 bridgehead atoms. The lowest BCUT2D eigenvalue weighted by Crippen LogP contribution is -2.12. The van der Waals surface area contributed by atoms with E-state index in [4.69, 9.17) is 0 Å². The van der Waals surface area contributed by atoms with Gasteiger partial charge in [-0.25, -0.2) is 0 Å². The molecule has 0 aliphatic heterocycles. The molecule has 0 spiro atoms. The van der Waals surface area contributed by atoms with Gasteiger partial charge in [0.1, 0.15) is 0 Å². The molecule has 1 aromatic heterocycles. The summed E-state index contributed by atoms with van der Waals surface area (Å²) < 4.78 is 0. The molecule has 0 unspecified atom stereocenters. The molecule has 0 aliphatic rings. The summed E-state index contributed by atoms with van der Waals surface area (Å²) in [4.78, 5) is 4.08. The van der Waals surface area contributed by atoms with Crippen molar-refractivity contribution in [2.45, 2.75) is 65.2 Å². The fraction of sp³-hybridized carbons (Fsp3) is 0.227. The number of fused-ring (bicyclic) bond motifs is 3. The molecule has 1 N–H and O–H groups in total. The normalized spacial score (nSPS) is 13.3. The molecule has 45 heavy (non-hydrogen) atoms. The van der Waals surface area contributed by atoms with E-state index in [9.17, 15) is 0 Å². The number of hydrogen-bond acceptors (Lipinski definition) is 0. The lowest BCUT2D eigenvalue weighted by molar-refractivity contribution is 0.596. The summed E-state index contributed by atoms with van der Waals surface area (Å²) in [6, 6.07) is 36.6. The van der Waals surface area contributed by atoms with E-state index in [2.05, 4.69) is 144 Å². The molecule has 8 aromatic carbocycles. The van der Waals surface area contributed by atoms with Crippen molar-refractivity contribution in [2.75, 3.05) is 0 Å². The van der Waals surface area contributed by atoms with Crippen LogP contribution in [0.25, 0.3) is 64.6 Å². The van der Waals surface area contributed by atoms with Crippen LogP contribution in [0, 0.1) is 0 Å². The van der Waals surface area contributed by atoms with Gasteiger partial charge in [-0.2, -0.15) is 0 Å². The first-order valence-corrected chi connectivity index (χ1v) is 16.5. The average molecular weight is 582 g/mol. The highest BCUT2D eigenvalue weighted by Gasteiger charge is 2.31. The van der Waals surface area contributed by atoms with Crippen LogP contribution in [0.15, 0.2) is 97.1 Å². The minimum absolute atomic E-state index is 0.00512. The third-order valence-electron chi connectivity index (χ3n) is 10.4. The average Bonchev–Trinajstić information content (AvgIpc) is 3.56. The highest BCUT2D eigenvalue weighted by atomic mass is 14.7. The van der Waals surface area contributed by atoms with Gasteiger partial charge in [0.05, 0.1) is 0 Å². The predicted molar refractivity (Wildman–Crippen MR) is 195 cm³/mol. The van der Waals surface area contributed by atoms with Gasteiger partial charge in [-0.3, -0.25) is 0 Å². The lowest BCUT2D eigenvalue weighted by atomic mass is 9.80. The van der Waals surface area contributed by atoms with E-state index in [1.54, 1.807) is 0 Å². The Morgan fingerprint density at radius 3 is 1.22 bits per heavy atom. The Morgan fingerprint density at radius 2 is 0.822 bits per heavy atom. The first-order chi connectivity index (χ1) is 21.6. The van der Waals surface area contributed by atoms with E-state index in [-0.39, 0.29) is 10.8 Å². The van der Waals surface area contributed by atoms with Crippen LogP contribution in [0.4, 0.5) is 0 Å². The predicted octanol–water partition coefficient (Wildman–Crippen LogP) is 12.0. The fourth-order valence-corrected chi connectivity index (χ4v) is 8.47. The zero-order chi connectivity index (χ0) is 30.8. The molecule has 0 radical (unpaired) electrons. The number of hydrogen-bond donors (Lipinski definition) is 1. The van der Waals surface area contributed by atoms with Gasteiger partial charge in [-0.15, -0.1) is 0 Å². The Bertz CT molecular complexity index is 2340. The Morgan fingerprint density at radius 1 is 0.422 bits per heavy atom. The number of benzene rings is 7. The van der Waals surface area contributed by atoms with Crippen molar-refractivity contribution in [3.8, 4) is 0 Å². The minimum Gasteiger partial charge on any atom is -0.361 e. The maximum Gasteiger partial charge on any atom is 0.0280 e. The van der Waals surface area contributed by atoms with Crippen LogP contribution in [0.1, 0.15) is 75.2 Å². The zero-order valence-corrected chi connectivity index (χ0v) is 27.2. The highest BCUT2D eigenvalue weighted by molar-refractivity contribution is 6.49. The monoisotopic (exact) mass is 581 g/mol. The second-order valence-electron chi connectivity index (χ2n) is 15.4. The van der Waals surface area contributed by atoms with Gasteiger partial charge in [-0.1, -0.05) is 126 Å². The smallest absolute Gasteiger partial charge is 0.0280 e. The summed E-state index contributed by atoms with van der Waals surface area (Å²) in [6.45, 7) is 14.2. The number of rotatable bonds is 4. The molecular weight excluding hydrogens is 542 g/mol. The van der Waals surface area contributed by atoms with E-state index < -0.39 is 0 Å². The molecule has 0 fully saturated rings. The summed E-state index contributed by atoms with van der Waals surface area (Å²) in [5.41, 5.74) is 8.20. The van der Waals surface area contributed by atoms with Crippen LogP contribution >= 0.6 is 0 Å². The van der Waals surface area contributed by atoms with Gasteiger partial charge < -0.3 is 4.98 Å². The standard InChI is InChI=1S/C44H39N/c1-43(2,3)32-23-30-37-34(21-25-13-9-7-10-14-25)45-35(22-26-15-11-8-12-16-26)38(37)31-24-33(44(4,5)6)29-20-18-27-17-19-28(32)39-36(27)40(29)42(31)41(30)39/h7-20,23-24,45H,21-22H2,1-6H3. The summed E-state index contributed by atoms with van der Waals surface area (Å²) >= 11 is 0. The molecule has 1 nitrogen and oxygen atoms in total. The zero-order valence-electron chi connectivity index (χ0n) is 27.2.